The quantitative estimate of drug-likeness (QED) is 0.633. The Kier molecular flexibility index (Phi) is 3.14. The Morgan fingerprint density at radius 2 is 2.55 bits per heavy atom. The topological polar surface area (TPSA) is 37.3 Å². The van der Waals surface area contributed by atoms with Crippen molar-refractivity contribution in [2.45, 2.75) is 32.1 Å². The lowest BCUT2D eigenvalue weighted by molar-refractivity contribution is -0.108. The third-order valence-corrected chi connectivity index (χ3v) is 2.16. The summed E-state index contributed by atoms with van der Waals surface area (Å²) in [6, 6.07) is 0. The Bertz CT molecular complexity index is 161. The van der Waals surface area contributed by atoms with Crippen LogP contribution in [0.5, 0.6) is 0 Å². The van der Waals surface area contributed by atoms with Crippen molar-refractivity contribution in [1.29, 1.82) is 0 Å². The summed E-state index contributed by atoms with van der Waals surface area (Å²) in [7, 11) is 0. The average Bonchev–Trinajstić information content (AvgIpc) is 2.03. The van der Waals surface area contributed by atoms with Crippen molar-refractivity contribution in [3.8, 4) is 0 Å². The SMILES string of the molecule is O=CCCC1CCCC=C1O. The minimum Gasteiger partial charge on any atom is -0.512 e. The zero-order valence-corrected chi connectivity index (χ0v) is 6.62. The van der Waals surface area contributed by atoms with Crippen LogP contribution in [0, 0.1) is 5.92 Å². The maximum absolute atomic E-state index is 10.1. The first-order chi connectivity index (χ1) is 5.34. The maximum atomic E-state index is 10.1. The molecule has 0 amide bonds. The second-order valence-corrected chi connectivity index (χ2v) is 3.00. The van der Waals surface area contributed by atoms with E-state index in [9.17, 15) is 9.90 Å². The molecule has 1 aliphatic rings. The van der Waals surface area contributed by atoms with Gasteiger partial charge >= 0.3 is 0 Å². The van der Waals surface area contributed by atoms with Crippen LogP contribution in [-0.4, -0.2) is 11.4 Å². The van der Waals surface area contributed by atoms with Crippen LogP contribution in [0.1, 0.15) is 32.1 Å². The van der Waals surface area contributed by atoms with E-state index in [1.807, 2.05) is 6.08 Å². The molecule has 62 valence electrons. The van der Waals surface area contributed by atoms with E-state index in [1.165, 1.54) is 0 Å². The van der Waals surface area contributed by atoms with Crippen LogP contribution in [0.3, 0.4) is 0 Å². The van der Waals surface area contributed by atoms with E-state index in [1.54, 1.807) is 0 Å². The van der Waals surface area contributed by atoms with Crippen molar-refractivity contribution >= 4 is 6.29 Å². The summed E-state index contributed by atoms with van der Waals surface area (Å²) in [6.45, 7) is 0. The monoisotopic (exact) mass is 154 g/mol. The Balaban J connectivity index is 2.36. The van der Waals surface area contributed by atoms with Crippen LogP contribution in [0.15, 0.2) is 11.8 Å². The van der Waals surface area contributed by atoms with Gasteiger partial charge in [-0.1, -0.05) is 0 Å². The Morgan fingerprint density at radius 3 is 3.18 bits per heavy atom. The molecule has 1 N–H and O–H groups in total. The van der Waals surface area contributed by atoms with Gasteiger partial charge in [-0.3, -0.25) is 0 Å². The van der Waals surface area contributed by atoms with Crippen molar-refractivity contribution in [2.24, 2.45) is 5.92 Å². The molecule has 1 unspecified atom stereocenters. The zero-order valence-electron chi connectivity index (χ0n) is 6.62. The minimum atomic E-state index is 0.258. The molecule has 0 radical (unpaired) electrons. The molecule has 0 saturated heterocycles. The number of hydrogen-bond acceptors (Lipinski definition) is 2. The van der Waals surface area contributed by atoms with Crippen LogP contribution in [0.2, 0.25) is 0 Å². The van der Waals surface area contributed by atoms with E-state index in [2.05, 4.69) is 0 Å². The molecule has 11 heavy (non-hydrogen) atoms. The summed E-state index contributed by atoms with van der Waals surface area (Å²) >= 11 is 0. The molecule has 0 saturated carbocycles. The van der Waals surface area contributed by atoms with Crippen molar-refractivity contribution in [1.82, 2.24) is 0 Å². The van der Waals surface area contributed by atoms with Gasteiger partial charge in [-0.2, -0.15) is 0 Å². The van der Waals surface area contributed by atoms with Gasteiger partial charge in [-0.25, -0.2) is 0 Å². The first kappa shape index (κ1) is 8.31. The van der Waals surface area contributed by atoms with Gasteiger partial charge in [0.25, 0.3) is 0 Å². The minimum absolute atomic E-state index is 0.258. The zero-order chi connectivity index (χ0) is 8.10. The number of aliphatic hydroxyl groups is 1. The number of allylic oxidation sites excluding steroid dienone is 2. The molecule has 1 rings (SSSR count). The van der Waals surface area contributed by atoms with E-state index in [0.29, 0.717) is 12.2 Å². The van der Waals surface area contributed by atoms with Gasteiger partial charge in [-0.05, 0) is 31.8 Å². The predicted octanol–water partition coefficient (Wildman–Crippen LogP) is 2.21. The predicted molar refractivity (Wildman–Crippen MR) is 43.4 cm³/mol. The molecule has 0 bridgehead atoms. The summed E-state index contributed by atoms with van der Waals surface area (Å²) < 4.78 is 0. The Morgan fingerprint density at radius 1 is 1.73 bits per heavy atom. The summed E-state index contributed by atoms with van der Waals surface area (Å²) in [4.78, 5) is 10.1. The molecular formula is C9H14O2. The van der Waals surface area contributed by atoms with E-state index in [-0.39, 0.29) is 5.92 Å². The standard InChI is InChI=1S/C9H14O2/c10-7-3-5-8-4-1-2-6-9(8)11/h6-8,11H,1-5H2. The van der Waals surface area contributed by atoms with E-state index < -0.39 is 0 Å². The highest BCUT2D eigenvalue weighted by Crippen LogP contribution is 2.26. The number of carbonyl (C=O) groups is 1. The van der Waals surface area contributed by atoms with Crippen LogP contribution < -0.4 is 0 Å². The smallest absolute Gasteiger partial charge is 0.120 e. The second-order valence-electron chi connectivity index (χ2n) is 3.00. The fourth-order valence-electron chi connectivity index (χ4n) is 1.49. The van der Waals surface area contributed by atoms with Gasteiger partial charge in [-0.15, -0.1) is 0 Å². The Hall–Kier alpha value is -0.790. The molecule has 0 fully saturated rings. The maximum Gasteiger partial charge on any atom is 0.120 e. The highest BCUT2D eigenvalue weighted by atomic mass is 16.3. The third kappa shape index (κ3) is 2.37. The molecule has 2 nitrogen and oxygen atoms in total. The van der Waals surface area contributed by atoms with Gasteiger partial charge in [0, 0.05) is 12.3 Å². The van der Waals surface area contributed by atoms with Crippen molar-refractivity contribution < 1.29 is 9.90 Å². The lowest BCUT2D eigenvalue weighted by Gasteiger charge is -2.18. The molecule has 0 aliphatic heterocycles. The number of aliphatic hydroxyl groups excluding tert-OH is 1. The van der Waals surface area contributed by atoms with Crippen LogP contribution in [0.4, 0.5) is 0 Å². The molecular weight excluding hydrogens is 140 g/mol. The van der Waals surface area contributed by atoms with Gasteiger partial charge in [0.05, 0.1) is 5.76 Å². The van der Waals surface area contributed by atoms with Crippen molar-refractivity contribution in [3.05, 3.63) is 11.8 Å². The van der Waals surface area contributed by atoms with Gasteiger partial charge in [0.2, 0.25) is 0 Å². The molecule has 1 aliphatic carbocycles. The lowest BCUT2D eigenvalue weighted by atomic mass is 9.90. The van der Waals surface area contributed by atoms with Gasteiger partial charge in [0.15, 0.2) is 0 Å². The molecule has 0 spiro atoms. The number of hydrogen-bond donors (Lipinski definition) is 1. The number of carbonyl (C=O) groups excluding carboxylic acids is 1. The largest absolute Gasteiger partial charge is 0.512 e. The third-order valence-electron chi connectivity index (χ3n) is 2.16. The molecule has 2 heteroatoms. The number of aldehydes is 1. The lowest BCUT2D eigenvalue weighted by Crippen LogP contribution is -2.08. The second kappa shape index (κ2) is 4.16. The van der Waals surface area contributed by atoms with Gasteiger partial charge in [0.1, 0.15) is 6.29 Å². The van der Waals surface area contributed by atoms with Crippen molar-refractivity contribution in [3.63, 3.8) is 0 Å². The van der Waals surface area contributed by atoms with Crippen LogP contribution >= 0.6 is 0 Å². The highest BCUT2D eigenvalue weighted by molar-refractivity contribution is 5.49. The molecule has 1 atom stereocenters. The number of rotatable bonds is 3. The van der Waals surface area contributed by atoms with Crippen molar-refractivity contribution in [2.75, 3.05) is 0 Å². The van der Waals surface area contributed by atoms with Crippen LogP contribution in [0.25, 0.3) is 0 Å². The van der Waals surface area contributed by atoms with Gasteiger partial charge < -0.3 is 9.90 Å². The molecule has 0 heterocycles. The molecule has 0 aromatic carbocycles. The summed E-state index contributed by atoms with van der Waals surface area (Å²) in [5, 5.41) is 9.34. The Labute approximate surface area is 66.9 Å². The highest BCUT2D eigenvalue weighted by Gasteiger charge is 2.15. The first-order valence-electron chi connectivity index (χ1n) is 4.17. The summed E-state index contributed by atoms with van der Waals surface area (Å²) in [5.41, 5.74) is 0. The normalized spacial score (nSPS) is 24.4. The molecule has 0 aromatic rings. The fraction of sp³-hybridized carbons (Fsp3) is 0.667. The first-order valence-corrected chi connectivity index (χ1v) is 4.17. The fourth-order valence-corrected chi connectivity index (χ4v) is 1.49. The van der Waals surface area contributed by atoms with E-state index in [0.717, 1.165) is 32.0 Å². The van der Waals surface area contributed by atoms with Crippen LogP contribution in [-0.2, 0) is 4.79 Å². The van der Waals surface area contributed by atoms with E-state index >= 15 is 0 Å². The average molecular weight is 154 g/mol. The summed E-state index contributed by atoms with van der Waals surface area (Å²) in [5.74, 6) is 0.757. The molecule has 0 aromatic heterocycles. The van der Waals surface area contributed by atoms with E-state index in [4.69, 9.17) is 0 Å². The summed E-state index contributed by atoms with van der Waals surface area (Å²) in [6.07, 6.45) is 7.35.